The molecule has 0 radical (unpaired) electrons. The Morgan fingerprint density at radius 2 is 1.93 bits per heavy atom. The second-order valence-electron chi connectivity index (χ2n) is 9.37. The standard InChI is InChI=1S/C23H27FN2O2/c1-22(2)11-15-12-23(3,13-22)14-26(15)21(27)18-9-6-8-17(25-18)20-16(24)7-5-10-19(20)28-4/h5-10,15H,11-14H2,1-4H3/t15-,23-/m1/s1. The van der Waals surface area contributed by atoms with Gasteiger partial charge in [-0.2, -0.15) is 0 Å². The zero-order valence-corrected chi connectivity index (χ0v) is 17.0. The topological polar surface area (TPSA) is 42.4 Å². The first-order valence-corrected chi connectivity index (χ1v) is 9.82. The molecule has 28 heavy (non-hydrogen) atoms. The van der Waals surface area contributed by atoms with Crippen LogP contribution in [0.2, 0.25) is 0 Å². The van der Waals surface area contributed by atoms with Gasteiger partial charge < -0.3 is 9.64 Å². The molecule has 2 aromatic rings. The Hall–Kier alpha value is -2.43. The number of pyridine rings is 1. The third-order valence-corrected chi connectivity index (χ3v) is 6.10. The largest absolute Gasteiger partial charge is 0.496 e. The van der Waals surface area contributed by atoms with Crippen LogP contribution in [0.4, 0.5) is 4.39 Å². The lowest BCUT2D eigenvalue weighted by molar-refractivity contribution is 0.0702. The zero-order chi connectivity index (χ0) is 20.1. The monoisotopic (exact) mass is 382 g/mol. The molecule has 0 N–H and O–H groups in total. The average molecular weight is 382 g/mol. The Kier molecular flexibility index (Phi) is 4.44. The number of carbonyl (C=O) groups is 1. The maximum absolute atomic E-state index is 14.5. The molecule has 2 bridgehead atoms. The average Bonchev–Trinajstić information content (AvgIpc) is 2.89. The predicted molar refractivity (Wildman–Crippen MR) is 107 cm³/mol. The number of halogens is 1. The summed E-state index contributed by atoms with van der Waals surface area (Å²) in [5.41, 5.74) is 1.45. The SMILES string of the molecule is COc1cccc(F)c1-c1cccc(C(=O)N2C[C@]3(C)C[C@H]2CC(C)(C)C3)n1. The molecule has 4 nitrogen and oxygen atoms in total. The van der Waals surface area contributed by atoms with Gasteiger partial charge in [-0.15, -0.1) is 0 Å². The van der Waals surface area contributed by atoms with E-state index in [1.54, 1.807) is 30.3 Å². The first-order valence-electron chi connectivity index (χ1n) is 9.82. The van der Waals surface area contributed by atoms with E-state index in [4.69, 9.17) is 4.74 Å². The van der Waals surface area contributed by atoms with Crippen LogP contribution in [0.5, 0.6) is 5.75 Å². The van der Waals surface area contributed by atoms with Crippen molar-refractivity contribution < 1.29 is 13.9 Å². The summed E-state index contributed by atoms with van der Waals surface area (Å²) in [4.78, 5) is 19.8. The summed E-state index contributed by atoms with van der Waals surface area (Å²) in [5, 5.41) is 0. The van der Waals surface area contributed by atoms with Gasteiger partial charge in [0.05, 0.1) is 18.4 Å². The van der Waals surface area contributed by atoms with Crippen LogP contribution in [0.3, 0.4) is 0 Å². The molecule has 5 heteroatoms. The molecule has 1 saturated carbocycles. The van der Waals surface area contributed by atoms with Gasteiger partial charge in [0.25, 0.3) is 5.91 Å². The van der Waals surface area contributed by atoms with E-state index in [0.29, 0.717) is 17.1 Å². The van der Waals surface area contributed by atoms with Crippen LogP contribution < -0.4 is 4.74 Å². The number of rotatable bonds is 3. The number of aromatic nitrogens is 1. The quantitative estimate of drug-likeness (QED) is 0.755. The van der Waals surface area contributed by atoms with E-state index in [1.165, 1.54) is 13.2 Å². The molecular weight excluding hydrogens is 355 g/mol. The number of fused-ring (bicyclic) bond motifs is 2. The number of likely N-dealkylation sites (tertiary alicyclic amines) is 1. The normalized spacial score (nSPS) is 25.6. The number of benzene rings is 1. The maximum Gasteiger partial charge on any atom is 0.272 e. The number of carbonyl (C=O) groups excluding carboxylic acids is 1. The molecule has 1 aliphatic heterocycles. The van der Waals surface area contributed by atoms with E-state index < -0.39 is 5.82 Å². The molecule has 2 fully saturated rings. The molecule has 1 aromatic heterocycles. The van der Waals surface area contributed by atoms with Crippen molar-refractivity contribution in [3.8, 4) is 17.0 Å². The predicted octanol–water partition coefficient (Wildman–Crippen LogP) is 4.94. The smallest absolute Gasteiger partial charge is 0.272 e. The van der Waals surface area contributed by atoms with Gasteiger partial charge in [0.15, 0.2) is 0 Å². The Morgan fingerprint density at radius 3 is 2.68 bits per heavy atom. The number of amides is 1. The molecule has 148 valence electrons. The van der Waals surface area contributed by atoms with Crippen molar-refractivity contribution in [1.82, 2.24) is 9.88 Å². The van der Waals surface area contributed by atoms with Crippen LogP contribution in [0.15, 0.2) is 36.4 Å². The third-order valence-electron chi connectivity index (χ3n) is 6.10. The highest BCUT2D eigenvalue weighted by Gasteiger charge is 2.51. The van der Waals surface area contributed by atoms with Gasteiger partial charge in [-0.25, -0.2) is 9.37 Å². The molecule has 1 saturated heterocycles. The van der Waals surface area contributed by atoms with Crippen LogP contribution >= 0.6 is 0 Å². The minimum atomic E-state index is -0.414. The van der Waals surface area contributed by atoms with Crippen LogP contribution in [-0.4, -0.2) is 35.5 Å². The lowest BCUT2D eigenvalue weighted by Gasteiger charge is -2.39. The number of ether oxygens (including phenoxy) is 1. The Balaban J connectivity index is 1.67. The molecular formula is C23H27FN2O2. The van der Waals surface area contributed by atoms with E-state index >= 15 is 0 Å². The lowest BCUT2D eigenvalue weighted by Crippen LogP contribution is -2.38. The molecule has 2 heterocycles. The van der Waals surface area contributed by atoms with Gasteiger partial charge in [0.2, 0.25) is 0 Å². The van der Waals surface area contributed by atoms with Crippen molar-refractivity contribution in [2.75, 3.05) is 13.7 Å². The van der Waals surface area contributed by atoms with Crippen molar-refractivity contribution in [3.05, 3.63) is 47.9 Å². The summed E-state index contributed by atoms with van der Waals surface area (Å²) in [6, 6.07) is 10.1. The van der Waals surface area contributed by atoms with Crippen molar-refractivity contribution in [1.29, 1.82) is 0 Å². The minimum absolute atomic E-state index is 0.0661. The van der Waals surface area contributed by atoms with E-state index in [9.17, 15) is 9.18 Å². The molecule has 2 aliphatic rings. The second-order valence-corrected chi connectivity index (χ2v) is 9.37. The summed E-state index contributed by atoms with van der Waals surface area (Å²) in [7, 11) is 1.50. The number of methoxy groups -OCH3 is 1. The number of hydrogen-bond donors (Lipinski definition) is 0. The number of hydrogen-bond acceptors (Lipinski definition) is 3. The Morgan fingerprint density at radius 1 is 1.18 bits per heavy atom. The second kappa shape index (κ2) is 6.57. The summed E-state index contributed by atoms with van der Waals surface area (Å²) >= 11 is 0. The molecule has 1 amide bonds. The Bertz CT molecular complexity index is 927. The molecule has 2 atom stereocenters. The summed E-state index contributed by atoms with van der Waals surface area (Å²) in [6.07, 6.45) is 3.18. The van der Waals surface area contributed by atoms with Crippen molar-refractivity contribution in [3.63, 3.8) is 0 Å². The third kappa shape index (κ3) is 3.27. The maximum atomic E-state index is 14.5. The van der Waals surface area contributed by atoms with Gasteiger partial charge in [-0.05, 0) is 54.4 Å². The van der Waals surface area contributed by atoms with Gasteiger partial charge in [-0.3, -0.25) is 4.79 Å². The highest BCUT2D eigenvalue weighted by atomic mass is 19.1. The molecule has 0 spiro atoms. The van der Waals surface area contributed by atoms with Crippen LogP contribution in [-0.2, 0) is 0 Å². The minimum Gasteiger partial charge on any atom is -0.496 e. The zero-order valence-electron chi connectivity index (χ0n) is 17.0. The highest BCUT2D eigenvalue weighted by molar-refractivity contribution is 5.93. The highest BCUT2D eigenvalue weighted by Crippen LogP contribution is 2.52. The fraction of sp³-hybridized carbons (Fsp3) is 0.478. The lowest BCUT2D eigenvalue weighted by atomic mass is 9.65. The number of nitrogens with zero attached hydrogens (tertiary/aromatic N) is 2. The first-order chi connectivity index (χ1) is 13.2. The Labute approximate surface area is 165 Å². The van der Waals surface area contributed by atoms with Gasteiger partial charge in [0.1, 0.15) is 17.3 Å². The van der Waals surface area contributed by atoms with Gasteiger partial charge >= 0.3 is 0 Å². The van der Waals surface area contributed by atoms with Crippen molar-refractivity contribution in [2.24, 2.45) is 10.8 Å². The van der Waals surface area contributed by atoms with Crippen LogP contribution in [0, 0.1) is 16.6 Å². The van der Waals surface area contributed by atoms with Crippen LogP contribution in [0.25, 0.3) is 11.3 Å². The van der Waals surface area contributed by atoms with E-state index in [1.807, 2.05) is 4.90 Å². The van der Waals surface area contributed by atoms with E-state index in [-0.39, 0.29) is 28.3 Å². The van der Waals surface area contributed by atoms with Crippen LogP contribution in [0.1, 0.15) is 50.5 Å². The summed E-state index contributed by atoms with van der Waals surface area (Å²) < 4.78 is 19.8. The van der Waals surface area contributed by atoms with E-state index in [2.05, 4.69) is 25.8 Å². The van der Waals surface area contributed by atoms with Gasteiger partial charge in [0, 0.05) is 12.6 Å². The summed E-state index contributed by atoms with van der Waals surface area (Å²) in [6.45, 7) is 7.61. The molecule has 4 rings (SSSR count). The molecule has 0 unspecified atom stereocenters. The fourth-order valence-electron chi connectivity index (χ4n) is 5.46. The van der Waals surface area contributed by atoms with Crippen molar-refractivity contribution in [2.45, 2.75) is 46.1 Å². The van der Waals surface area contributed by atoms with Crippen molar-refractivity contribution >= 4 is 5.91 Å². The van der Waals surface area contributed by atoms with Gasteiger partial charge in [-0.1, -0.05) is 32.9 Å². The van der Waals surface area contributed by atoms with E-state index in [0.717, 1.165) is 25.8 Å². The fourth-order valence-corrected chi connectivity index (χ4v) is 5.46. The first kappa shape index (κ1) is 18.9. The summed E-state index contributed by atoms with van der Waals surface area (Å²) in [5.74, 6) is -0.0743. The molecule has 1 aliphatic carbocycles. The molecule has 1 aromatic carbocycles.